The Hall–Kier alpha value is -0.570. The average Bonchev–Trinajstić information content (AvgIpc) is 2.81. The molecule has 2 fully saturated rings. The lowest BCUT2D eigenvalue weighted by molar-refractivity contribution is -0.140. The Bertz CT molecular complexity index is 248. The molecular weight excluding hydrogens is 200 g/mol. The molecule has 1 aliphatic heterocycles. The Morgan fingerprint density at radius 2 is 1.94 bits per heavy atom. The molecule has 0 spiro atoms. The molecule has 2 rings (SSSR count). The number of nitrogens with zero attached hydrogens (tertiary/aromatic N) is 1. The Morgan fingerprint density at radius 3 is 2.56 bits per heavy atom. The van der Waals surface area contributed by atoms with Crippen molar-refractivity contribution in [3.63, 3.8) is 0 Å². The van der Waals surface area contributed by atoms with Crippen LogP contribution in [-0.2, 0) is 4.79 Å². The number of amides is 1. The lowest BCUT2D eigenvalue weighted by Gasteiger charge is -2.40. The van der Waals surface area contributed by atoms with Crippen molar-refractivity contribution in [2.24, 2.45) is 17.6 Å². The first-order valence-corrected chi connectivity index (χ1v) is 6.74. The van der Waals surface area contributed by atoms with Gasteiger partial charge in [0.15, 0.2) is 0 Å². The molecule has 3 nitrogen and oxygen atoms in total. The van der Waals surface area contributed by atoms with E-state index >= 15 is 0 Å². The zero-order valence-corrected chi connectivity index (χ0v) is 10.3. The van der Waals surface area contributed by atoms with Gasteiger partial charge in [-0.25, -0.2) is 0 Å². The summed E-state index contributed by atoms with van der Waals surface area (Å²) in [7, 11) is 0. The summed E-state index contributed by atoms with van der Waals surface area (Å²) in [6.45, 7) is 3.78. The van der Waals surface area contributed by atoms with E-state index in [2.05, 4.69) is 11.8 Å². The third-order valence-corrected chi connectivity index (χ3v) is 4.34. The SMILES string of the molecule is C[C@H]1CCCN(C(=O)C2CCCC2)[C@H]1CN. The first-order valence-electron chi connectivity index (χ1n) is 6.74. The Balaban J connectivity index is 2.02. The highest BCUT2D eigenvalue weighted by Gasteiger charge is 2.35. The summed E-state index contributed by atoms with van der Waals surface area (Å²) in [4.78, 5) is 14.5. The second kappa shape index (κ2) is 5.17. The second-order valence-electron chi connectivity index (χ2n) is 5.44. The van der Waals surface area contributed by atoms with Crippen molar-refractivity contribution in [2.45, 2.75) is 51.5 Å². The standard InChI is InChI=1S/C13H24N2O/c1-10-5-4-8-15(12(10)9-14)13(16)11-6-2-3-7-11/h10-12H,2-9,14H2,1H3/t10-,12-/m0/s1. The number of rotatable bonds is 2. The molecule has 2 aliphatic rings. The fourth-order valence-electron chi connectivity index (χ4n) is 3.29. The zero-order chi connectivity index (χ0) is 11.5. The van der Waals surface area contributed by atoms with E-state index in [1.165, 1.54) is 19.3 Å². The monoisotopic (exact) mass is 224 g/mol. The molecule has 16 heavy (non-hydrogen) atoms. The highest BCUT2D eigenvalue weighted by molar-refractivity contribution is 5.79. The van der Waals surface area contributed by atoms with Gasteiger partial charge in [-0.2, -0.15) is 0 Å². The van der Waals surface area contributed by atoms with E-state index in [0.717, 1.165) is 25.8 Å². The summed E-state index contributed by atoms with van der Waals surface area (Å²) >= 11 is 0. The van der Waals surface area contributed by atoms with Gasteiger partial charge in [-0.3, -0.25) is 4.79 Å². The van der Waals surface area contributed by atoms with Crippen molar-refractivity contribution in [1.82, 2.24) is 4.90 Å². The summed E-state index contributed by atoms with van der Waals surface area (Å²) in [6.07, 6.45) is 7.02. The molecule has 0 aromatic heterocycles. The molecule has 0 aromatic carbocycles. The van der Waals surface area contributed by atoms with Gasteiger partial charge in [-0.15, -0.1) is 0 Å². The molecule has 0 unspecified atom stereocenters. The summed E-state index contributed by atoms with van der Waals surface area (Å²) in [5, 5.41) is 0. The van der Waals surface area contributed by atoms with Gasteiger partial charge in [0.25, 0.3) is 0 Å². The fourth-order valence-corrected chi connectivity index (χ4v) is 3.29. The highest BCUT2D eigenvalue weighted by atomic mass is 16.2. The van der Waals surface area contributed by atoms with E-state index in [9.17, 15) is 4.79 Å². The minimum atomic E-state index is 0.293. The minimum Gasteiger partial charge on any atom is -0.338 e. The molecular formula is C13H24N2O. The third-order valence-electron chi connectivity index (χ3n) is 4.34. The van der Waals surface area contributed by atoms with Crippen molar-refractivity contribution < 1.29 is 4.79 Å². The lowest BCUT2D eigenvalue weighted by atomic mass is 9.89. The van der Waals surface area contributed by atoms with Gasteiger partial charge in [0.2, 0.25) is 5.91 Å². The van der Waals surface area contributed by atoms with Crippen LogP contribution in [0.3, 0.4) is 0 Å². The number of hydrogen-bond acceptors (Lipinski definition) is 2. The molecule has 2 N–H and O–H groups in total. The van der Waals surface area contributed by atoms with Crippen molar-refractivity contribution in [1.29, 1.82) is 0 Å². The summed E-state index contributed by atoms with van der Waals surface area (Å²) in [5.74, 6) is 1.27. The molecule has 0 aromatic rings. The van der Waals surface area contributed by atoms with Crippen LogP contribution in [0.25, 0.3) is 0 Å². The van der Waals surface area contributed by atoms with E-state index in [0.29, 0.717) is 30.3 Å². The van der Waals surface area contributed by atoms with Gasteiger partial charge in [-0.05, 0) is 31.6 Å². The van der Waals surface area contributed by atoms with E-state index in [4.69, 9.17) is 5.73 Å². The predicted molar refractivity (Wildman–Crippen MR) is 64.9 cm³/mol. The molecule has 1 saturated heterocycles. The summed E-state index contributed by atoms with van der Waals surface area (Å²) in [5.41, 5.74) is 5.83. The van der Waals surface area contributed by atoms with Crippen molar-refractivity contribution >= 4 is 5.91 Å². The average molecular weight is 224 g/mol. The van der Waals surface area contributed by atoms with Crippen LogP contribution in [0, 0.1) is 11.8 Å². The van der Waals surface area contributed by atoms with E-state index in [-0.39, 0.29) is 0 Å². The minimum absolute atomic E-state index is 0.293. The predicted octanol–water partition coefficient (Wildman–Crippen LogP) is 1.76. The van der Waals surface area contributed by atoms with E-state index < -0.39 is 0 Å². The molecule has 1 heterocycles. The normalized spacial score (nSPS) is 32.0. The fraction of sp³-hybridized carbons (Fsp3) is 0.923. The van der Waals surface area contributed by atoms with E-state index in [1.54, 1.807) is 0 Å². The van der Waals surface area contributed by atoms with Gasteiger partial charge in [0, 0.05) is 25.0 Å². The first kappa shape index (κ1) is 11.9. The van der Waals surface area contributed by atoms with Crippen LogP contribution in [-0.4, -0.2) is 29.9 Å². The number of carbonyl (C=O) groups is 1. The molecule has 2 atom stereocenters. The van der Waals surface area contributed by atoms with Crippen LogP contribution in [0.15, 0.2) is 0 Å². The van der Waals surface area contributed by atoms with Crippen LogP contribution in [0.5, 0.6) is 0 Å². The number of hydrogen-bond donors (Lipinski definition) is 1. The summed E-state index contributed by atoms with van der Waals surface area (Å²) < 4.78 is 0. The molecule has 3 heteroatoms. The van der Waals surface area contributed by atoms with Gasteiger partial charge in [0.05, 0.1) is 0 Å². The number of carbonyl (C=O) groups excluding carboxylic acids is 1. The maximum atomic E-state index is 12.4. The molecule has 0 radical (unpaired) electrons. The molecule has 1 amide bonds. The number of nitrogens with two attached hydrogens (primary N) is 1. The maximum absolute atomic E-state index is 12.4. The molecule has 0 bridgehead atoms. The van der Waals surface area contributed by atoms with Crippen LogP contribution in [0.4, 0.5) is 0 Å². The van der Waals surface area contributed by atoms with Gasteiger partial charge in [-0.1, -0.05) is 19.8 Å². The zero-order valence-electron chi connectivity index (χ0n) is 10.3. The molecule has 1 saturated carbocycles. The largest absolute Gasteiger partial charge is 0.338 e. The quantitative estimate of drug-likeness (QED) is 0.777. The van der Waals surface area contributed by atoms with Crippen LogP contribution in [0.2, 0.25) is 0 Å². The number of piperidine rings is 1. The third kappa shape index (κ3) is 2.24. The van der Waals surface area contributed by atoms with Crippen LogP contribution in [0.1, 0.15) is 45.4 Å². The first-order chi connectivity index (χ1) is 7.74. The topological polar surface area (TPSA) is 46.3 Å². The van der Waals surface area contributed by atoms with Gasteiger partial charge in [0.1, 0.15) is 0 Å². The van der Waals surface area contributed by atoms with Crippen molar-refractivity contribution in [2.75, 3.05) is 13.1 Å². The highest BCUT2D eigenvalue weighted by Crippen LogP contribution is 2.30. The van der Waals surface area contributed by atoms with Crippen LogP contribution < -0.4 is 5.73 Å². The smallest absolute Gasteiger partial charge is 0.225 e. The number of likely N-dealkylation sites (tertiary alicyclic amines) is 1. The van der Waals surface area contributed by atoms with Crippen molar-refractivity contribution in [3.05, 3.63) is 0 Å². The lowest BCUT2D eigenvalue weighted by Crippen LogP contribution is -2.52. The van der Waals surface area contributed by atoms with Gasteiger partial charge < -0.3 is 10.6 Å². The van der Waals surface area contributed by atoms with E-state index in [1.807, 2.05) is 0 Å². The second-order valence-corrected chi connectivity index (χ2v) is 5.44. The van der Waals surface area contributed by atoms with Crippen LogP contribution >= 0.6 is 0 Å². The Kier molecular flexibility index (Phi) is 3.85. The molecule has 92 valence electrons. The maximum Gasteiger partial charge on any atom is 0.225 e. The Labute approximate surface area is 98.4 Å². The summed E-state index contributed by atoms with van der Waals surface area (Å²) in [6, 6.07) is 0.293. The molecule has 1 aliphatic carbocycles. The Morgan fingerprint density at radius 1 is 1.25 bits per heavy atom. The van der Waals surface area contributed by atoms with Crippen molar-refractivity contribution in [3.8, 4) is 0 Å². The van der Waals surface area contributed by atoms with Gasteiger partial charge >= 0.3 is 0 Å².